The van der Waals surface area contributed by atoms with Crippen LogP contribution in [-0.4, -0.2) is 38.4 Å². The fourth-order valence-corrected chi connectivity index (χ4v) is 2.97. The molecule has 1 saturated heterocycles. The normalized spacial score (nSPS) is 24.5. The number of fused-ring (bicyclic) bond motifs is 1. The van der Waals surface area contributed by atoms with E-state index in [4.69, 9.17) is 4.74 Å². The van der Waals surface area contributed by atoms with Gasteiger partial charge in [0, 0.05) is 19.5 Å². The van der Waals surface area contributed by atoms with Gasteiger partial charge in [-0.2, -0.15) is 0 Å². The highest BCUT2D eigenvalue weighted by Crippen LogP contribution is 2.35. The summed E-state index contributed by atoms with van der Waals surface area (Å²) in [7, 11) is 2.07. The molecule has 0 bridgehead atoms. The van der Waals surface area contributed by atoms with E-state index in [2.05, 4.69) is 23.3 Å². The van der Waals surface area contributed by atoms with Gasteiger partial charge < -0.3 is 20.1 Å². The summed E-state index contributed by atoms with van der Waals surface area (Å²) < 4.78 is 5.64. The average molecular weight is 262 g/mol. The maximum Gasteiger partial charge on any atom is 0.142 e. The second-order valence-electron chi connectivity index (χ2n) is 5.55. The van der Waals surface area contributed by atoms with Gasteiger partial charge in [0.1, 0.15) is 12.4 Å². The highest BCUT2D eigenvalue weighted by atomic mass is 16.5. The molecule has 4 heteroatoms. The van der Waals surface area contributed by atoms with Crippen LogP contribution in [0.4, 0.5) is 5.69 Å². The number of hydrogen-bond donors (Lipinski definition) is 2. The highest BCUT2D eigenvalue weighted by molar-refractivity contribution is 5.61. The van der Waals surface area contributed by atoms with E-state index in [0.717, 1.165) is 56.1 Å². The zero-order chi connectivity index (χ0) is 13.2. The van der Waals surface area contributed by atoms with Gasteiger partial charge in [0.25, 0.3) is 0 Å². The van der Waals surface area contributed by atoms with Crippen molar-refractivity contribution in [3.63, 3.8) is 0 Å². The number of anilines is 1. The first kappa shape index (κ1) is 12.8. The smallest absolute Gasteiger partial charge is 0.142 e. The van der Waals surface area contributed by atoms with Crippen molar-refractivity contribution in [2.45, 2.75) is 18.9 Å². The van der Waals surface area contributed by atoms with Crippen LogP contribution in [-0.2, 0) is 0 Å². The predicted molar refractivity (Wildman–Crippen MR) is 75.8 cm³/mol. The number of rotatable bonds is 2. The van der Waals surface area contributed by atoms with E-state index in [1.165, 1.54) is 0 Å². The summed E-state index contributed by atoms with van der Waals surface area (Å²) in [5.41, 5.74) is 2.09. The molecule has 1 aromatic rings. The monoisotopic (exact) mass is 262 g/mol. The summed E-state index contributed by atoms with van der Waals surface area (Å²) >= 11 is 0. The molecule has 0 aliphatic carbocycles. The zero-order valence-electron chi connectivity index (χ0n) is 11.4. The molecule has 2 N–H and O–H groups in total. The maximum atomic E-state index is 10.5. The van der Waals surface area contributed by atoms with Gasteiger partial charge in [-0.3, -0.25) is 0 Å². The Morgan fingerprint density at radius 1 is 1.47 bits per heavy atom. The Morgan fingerprint density at radius 2 is 2.37 bits per heavy atom. The number of piperidine rings is 1. The minimum Gasteiger partial charge on any atom is -0.490 e. The Morgan fingerprint density at radius 3 is 3.16 bits per heavy atom. The number of nitrogens with zero attached hydrogens (tertiary/aromatic N) is 1. The van der Waals surface area contributed by atoms with Gasteiger partial charge in [-0.1, -0.05) is 6.07 Å². The molecule has 2 aliphatic rings. The quantitative estimate of drug-likeness (QED) is 0.849. The molecular formula is C15H22N2O2. The Bertz CT molecular complexity index is 444. The maximum absolute atomic E-state index is 10.5. The first-order valence-electron chi connectivity index (χ1n) is 7.12. The number of hydrogen-bond acceptors (Lipinski definition) is 4. The lowest BCUT2D eigenvalue weighted by Gasteiger charge is -2.31. The topological polar surface area (TPSA) is 44.7 Å². The first-order valence-corrected chi connectivity index (χ1v) is 7.12. The van der Waals surface area contributed by atoms with E-state index in [9.17, 15) is 5.11 Å². The molecule has 2 atom stereocenters. The van der Waals surface area contributed by atoms with E-state index in [1.54, 1.807) is 0 Å². The molecule has 0 amide bonds. The third-order valence-electron chi connectivity index (χ3n) is 4.20. The molecule has 2 heterocycles. The molecule has 19 heavy (non-hydrogen) atoms. The van der Waals surface area contributed by atoms with Crippen molar-refractivity contribution >= 4 is 5.69 Å². The summed E-state index contributed by atoms with van der Waals surface area (Å²) in [6, 6.07) is 6.06. The van der Waals surface area contributed by atoms with Gasteiger partial charge in [-0.25, -0.2) is 0 Å². The molecule has 104 valence electrons. The molecule has 4 nitrogen and oxygen atoms in total. The first-order chi connectivity index (χ1) is 9.25. The van der Waals surface area contributed by atoms with Gasteiger partial charge >= 0.3 is 0 Å². The van der Waals surface area contributed by atoms with E-state index in [0.29, 0.717) is 5.92 Å². The lowest BCUT2D eigenvalue weighted by Crippen LogP contribution is -2.33. The van der Waals surface area contributed by atoms with Gasteiger partial charge in [-0.05, 0) is 37.1 Å². The Labute approximate surface area is 114 Å². The average Bonchev–Trinajstić information content (AvgIpc) is 2.47. The third kappa shape index (κ3) is 2.55. The third-order valence-corrected chi connectivity index (χ3v) is 4.20. The van der Waals surface area contributed by atoms with Crippen LogP contribution >= 0.6 is 0 Å². The second-order valence-corrected chi connectivity index (χ2v) is 5.55. The van der Waals surface area contributed by atoms with Crippen molar-refractivity contribution in [3.05, 3.63) is 23.8 Å². The molecule has 0 saturated carbocycles. The van der Waals surface area contributed by atoms with Crippen LogP contribution in [0, 0.1) is 5.92 Å². The summed E-state index contributed by atoms with van der Waals surface area (Å²) in [5, 5.41) is 13.9. The second kappa shape index (κ2) is 5.39. The summed E-state index contributed by atoms with van der Waals surface area (Å²) in [6.45, 7) is 3.62. The van der Waals surface area contributed by atoms with E-state index in [-0.39, 0.29) is 6.10 Å². The lowest BCUT2D eigenvalue weighted by molar-refractivity contribution is 0.0921. The molecular weight excluding hydrogens is 240 g/mol. The van der Waals surface area contributed by atoms with Gasteiger partial charge in [0.05, 0.1) is 18.3 Å². The van der Waals surface area contributed by atoms with Crippen molar-refractivity contribution < 1.29 is 9.84 Å². The minimum atomic E-state index is -0.381. The largest absolute Gasteiger partial charge is 0.490 e. The molecule has 2 aliphatic heterocycles. The van der Waals surface area contributed by atoms with Crippen LogP contribution in [0.2, 0.25) is 0 Å². The number of aliphatic hydroxyl groups is 1. The van der Waals surface area contributed by atoms with E-state index in [1.807, 2.05) is 12.1 Å². The summed E-state index contributed by atoms with van der Waals surface area (Å²) in [5.74, 6) is 1.24. The van der Waals surface area contributed by atoms with Crippen LogP contribution in [0.3, 0.4) is 0 Å². The van der Waals surface area contributed by atoms with Gasteiger partial charge in [-0.15, -0.1) is 0 Å². The Kier molecular flexibility index (Phi) is 3.62. The molecule has 3 rings (SSSR count). The summed E-state index contributed by atoms with van der Waals surface area (Å²) in [4.78, 5) is 2.19. The van der Waals surface area contributed by atoms with Crippen molar-refractivity contribution in [2.24, 2.45) is 5.92 Å². The van der Waals surface area contributed by atoms with Crippen LogP contribution in [0.5, 0.6) is 5.75 Å². The van der Waals surface area contributed by atoms with Crippen molar-refractivity contribution in [1.82, 2.24) is 5.32 Å². The van der Waals surface area contributed by atoms with Crippen molar-refractivity contribution in [3.8, 4) is 5.75 Å². The van der Waals surface area contributed by atoms with Crippen molar-refractivity contribution in [2.75, 3.05) is 38.2 Å². The number of likely N-dealkylation sites (N-methyl/N-ethyl adjacent to an activating group) is 1. The predicted octanol–water partition coefficient (Wildman–Crippen LogP) is 1.55. The molecule has 1 fully saturated rings. The molecule has 1 aromatic carbocycles. The highest BCUT2D eigenvalue weighted by Gasteiger charge is 2.24. The van der Waals surface area contributed by atoms with E-state index < -0.39 is 0 Å². The molecule has 0 aromatic heterocycles. The van der Waals surface area contributed by atoms with Crippen LogP contribution in [0.25, 0.3) is 0 Å². The Balaban J connectivity index is 1.82. The van der Waals surface area contributed by atoms with Crippen LogP contribution in [0.15, 0.2) is 18.2 Å². The van der Waals surface area contributed by atoms with Crippen LogP contribution < -0.4 is 15.0 Å². The number of ether oxygens (including phenoxy) is 1. The SMILES string of the molecule is CN1CCOc2ccc(C(O)C3CCCNC3)cc21. The van der Waals surface area contributed by atoms with Gasteiger partial charge in [0.2, 0.25) is 0 Å². The molecule has 0 spiro atoms. The standard InChI is InChI=1S/C15H22N2O2/c1-17-7-8-19-14-5-4-11(9-13(14)17)15(18)12-3-2-6-16-10-12/h4-5,9,12,15-16,18H,2-3,6-8,10H2,1H3. The summed E-state index contributed by atoms with van der Waals surface area (Å²) in [6.07, 6.45) is 1.86. The Hall–Kier alpha value is -1.26. The molecule has 2 unspecified atom stereocenters. The fraction of sp³-hybridized carbons (Fsp3) is 0.600. The fourth-order valence-electron chi connectivity index (χ4n) is 2.97. The van der Waals surface area contributed by atoms with Gasteiger partial charge in [0.15, 0.2) is 0 Å². The number of benzene rings is 1. The number of nitrogens with one attached hydrogen (secondary N) is 1. The van der Waals surface area contributed by atoms with Crippen molar-refractivity contribution in [1.29, 1.82) is 0 Å². The minimum absolute atomic E-state index is 0.321. The molecule has 0 radical (unpaired) electrons. The number of aliphatic hydroxyl groups excluding tert-OH is 1. The van der Waals surface area contributed by atoms with Crippen LogP contribution in [0.1, 0.15) is 24.5 Å². The zero-order valence-corrected chi connectivity index (χ0v) is 11.4. The lowest BCUT2D eigenvalue weighted by atomic mass is 9.89. The van der Waals surface area contributed by atoms with E-state index >= 15 is 0 Å².